The van der Waals surface area contributed by atoms with Crippen molar-refractivity contribution in [3.05, 3.63) is 29.7 Å². The molecule has 2 aromatic rings. The first-order chi connectivity index (χ1) is 7.38. The molecule has 0 radical (unpaired) electrons. The third-order valence-electron chi connectivity index (χ3n) is 2.09. The van der Waals surface area contributed by atoms with Gasteiger partial charge in [-0.2, -0.15) is 23.4 Å². The first-order valence-electron chi connectivity index (χ1n) is 4.52. The fourth-order valence-electron chi connectivity index (χ4n) is 1.36. The highest BCUT2D eigenvalue weighted by Gasteiger charge is 2.34. The number of halogens is 3. The van der Waals surface area contributed by atoms with E-state index in [-0.39, 0.29) is 0 Å². The van der Waals surface area contributed by atoms with Gasteiger partial charge in [-0.15, -0.1) is 0 Å². The Hall–Kier alpha value is -1.79. The molecule has 0 unspecified atom stereocenters. The maximum absolute atomic E-state index is 12.4. The summed E-state index contributed by atoms with van der Waals surface area (Å²) in [5, 5.41) is 7.47. The lowest BCUT2D eigenvalue weighted by Gasteiger charge is -2.00. The van der Waals surface area contributed by atoms with Crippen LogP contribution in [0.15, 0.2) is 18.3 Å². The van der Waals surface area contributed by atoms with E-state index in [0.717, 1.165) is 6.07 Å². The summed E-state index contributed by atoms with van der Waals surface area (Å²) in [7, 11) is 1.69. The summed E-state index contributed by atoms with van der Waals surface area (Å²) < 4.78 is 39.9. The van der Waals surface area contributed by atoms with Gasteiger partial charge in [0.2, 0.25) is 0 Å². The largest absolute Gasteiger partial charge is 0.435 e. The van der Waals surface area contributed by atoms with Gasteiger partial charge in [0.15, 0.2) is 11.5 Å². The van der Waals surface area contributed by atoms with Crippen LogP contribution in [0, 0.1) is 6.92 Å². The first-order valence-corrected chi connectivity index (χ1v) is 4.52. The van der Waals surface area contributed by atoms with Crippen LogP contribution in [0.5, 0.6) is 0 Å². The van der Waals surface area contributed by atoms with Gasteiger partial charge < -0.3 is 0 Å². The van der Waals surface area contributed by atoms with Crippen LogP contribution in [-0.4, -0.2) is 19.6 Å². The summed E-state index contributed by atoms with van der Waals surface area (Å²) in [6.45, 7) is 1.55. The minimum atomic E-state index is -4.43. The summed E-state index contributed by atoms with van der Waals surface area (Å²) >= 11 is 0. The molecule has 2 rings (SSSR count). The summed E-state index contributed by atoms with van der Waals surface area (Å²) in [6, 6.07) is 2.59. The zero-order valence-corrected chi connectivity index (χ0v) is 8.65. The van der Waals surface area contributed by atoms with Crippen molar-refractivity contribution in [3.63, 3.8) is 0 Å². The lowest BCUT2D eigenvalue weighted by atomic mass is 10.4. The zero-order chi connectivity index (χ0) is 11.9. The van der Waals surface area contributed by atoms with E-state index in [0.29, 0.717) is 11.5 Å². The Morgan fingerprint density at radius 2 is 1.94 bits per heavy atom. The second kappa shape index (κ2) is 3.36. The summed E-state index contributed by atoms with van der Waals surface area (Å²) in [5.74, 6) is 0.371. The van der Waals surface area contributed by atoms with Gasteiger partial charge in [0, 0.05) is 25.0 Å². The molecule has 4 nitrogen and oxygen atoms in total. The van der Waals surface area contributed by atoms with Gasteiger partial charge in [-0.1, -0.05) is 0 Å². The van der Waals surface area contributed by atoms with Gasteiger partial charge in [0.05, 0.1) is 0 Å². The highest BCUT2D eigenvalue weighted by atomic mass is 19.4. The molecule has 0 amide bonds. The topological polar surface area (TPSA) is 35.6 Å². The molecule has 0 saturated carbocycles. The lowest BCUT2D eigenvalue weighted by Crippen LogP contribution is -2.07. The maximum Gasteiger partial charge on any atom is 0.435 e. The number of hydrogen-bond donors (Lipinski definition) is 0. The Labute approximate surface area is 89.3 Å². The zero-order valence-electron chi connectivity index (χ0n) is 8.65. The predicted octanol–water partition coefficient (Wildman–Crippen LogP) is 1.93. The lowest BCUT2D eigenvalue weighted by molar-refractivity contribution is -0.141. The van der Waals surface area contributed by atoms with Crippen LogP contribution in [0.1, 0.15) is 11.4 Å². The monoisotopic (exact) mass is 230 g/mol. The molecule has 86 valence electrons. The molecule has 7 heteroatoms. The number of aryl methyl sites for hydroxylation is 2. The third-order valence-corrected chi connectivity index (χ3v) is 2.09. The van der Waals surface area contributed by atoms with Crippen molar-refractivity contribution >= 4 is 0 Å². The first kappa shape index (κ1) is 10.7. The molecule has 0 saturated heterocycles. The summed E-state index contributed by atoms with van der Waals surface area (Å²) in [5.41, 5.74) is -0.512. The third kappa shape index (κ3) is 1.80. The summed E-state index contributed by atoms with van der Waals surface area (Å²) in [6.07, 6.45) is -2.78. The number of hydrogen-bond acceptors (Lipinski definition) is 2. The molecular weight excluding hydrogens is 221 g/mol. The molecule has 0 N–H and O–H groups in total. The van der Waals surface area contributed by atoms with Crippen LogP contribution in [0.3, 0.4) is 0 Å². The Kier molecular flexibility index (Phi) is 2.25. The molecular formula is C9H9F3N4. The maximum atomic E-state index is 12.4. The minimum Gasteiger partial charge on any atom is -0.274 e. The van der Waals surface area contributed by atoms with Crippen molar-refractivity contribution in [2.75, 3.05) is 0 Å². The number of aromatic nitrogens is 4. The van der Waals surface area contributed by atoms with E-state index in [1.165, 1.54) is 9.36 Å². The predicted molar refractivity (Wildman–Crippen MR) is 50.1 cm³/mol. The molecule has 0 atom stereocenters. The quantitative estimate of drug-likeness (QED) is 0.750. The van der Waals surface area contributed by atoms with E-state index in [1.54, 1.807) is 26.2 Å². The SMILES string of the molecule is Cc1cc(C(F)(F)F)nn1-c1ccn(C)n1. The Morgan fingerprint density at radius 1 is 1.25 bits per heavy atom. The van der Waals surface area contributed by atoms with Crippen LogP contribution < -0.4 is 0 Å². The fourth-order valence-corrected chi connectivity index (χ4v) is 1.36. The highest BCUT2D eigenvalue weighted by molar-refractivity contribution is 5.25. The average Bonchev–Trinajstić information content (AvgIpc) is 2.70. The van der Waals surface area contributed by atoms with Crippen LogP contribution in [-0.2, 0) is 13.2 Å². The normalized spacial score (nSPS) is 12.1. The van der Waals surface area contributed by atoms with Gasteiger partial charge in [-0.25, -0.2) is 4.68 Å². The van der Waals surface area contributed by atoms with Gasteiger partial charge in [0.25, 0.3) is 0 Å². The van der Waals surface area contributed by atoms with Crippen molar-refractivity contribution < 1.29 is 13.2 Å². The van der Waals surface area contributed by atoms with E-state index < -0.39 is 11.9 Å². The molecule has 0 bridgehead atoms. The van der Waals surface area contributed by atoms with Gasteiger partial charge >= 0.3 is 6.18 Å². The van der Waals surface area contributed by atoms with E-state index in [2.05, 4.69) is 10.2 Å². The van der Waals surface area contributed by atoms with Crippen LogP contribution in [0.4, 0.5) is 13.2 Å². The number of alkyl halides is 3. The van der Waals surface area contributed by atoms with Crippen molar-refractivity contribution in [2.45, 2.75) is 13.1 Å². The Bertz CT molecular complexity index is 509. The molecule has 0 aliphatic heterocycles. The standard InChI is InChI=1S/C9H9F3N4/c1-6-5-7(9(10,11)12)13-16(6)8-3-4-15(2)14-8/h3-5H,1-2H3. The van der Waals surface area contributed by atoms with E-state index in [1.807, 2.05) is 0 Å². The molecule has 0 fully saturated rings. The van der Waals surface area contributed by atoms with Crippen molar-refractivity contribution in [1.82, 2.24) is 19.6 Å². The summed E-state index contributed by atoms with van der Waals surface area (Å²) in [4.78, 5) is 0. The van der Waals surface area contributed by atoms with Crippen LogP contribution in [0.2, 0.25) is 0 Å². The highest BCUT2D eigenvalue weighted by Crippen LogP contribution is 2.28. The minimum absolute atomic E-state index is 0.371. The molecule has 0 spiro atoms. The smallest absolute Gasteiger partial charge is 0.274 e. The van der Waals surface area contributed by atoms with Gasteiger partial charge in [-0.3, -0.25) is 4.68 Å². The van der Waals surface area contributed by atoms with E-state index >= 15 is 0 Å². The molecule has 2 aromatic heterocycles. The molecule has 0 aliphatic rings. The second-order valence-electron chi connectivity index (χ2n) is 3.43. The van der Waals surface area contributed by atoms with Crippen molar-refractivity contribution in [2.24, 2.45) is 7.05 Å². The average molecular weight is 230 g/mol. The van der Waals surface area contributed by atoms with E-state index in [9.17, 15) is 13.2 Å². The molecule has 0 aromatic carbocycles. The van der Waals surface area contributed by atoms with Crippen molar-refractivity contribution in [1.29, 1.82) is 0 Å². The van der Waals surface area contributed by atoms with Gasteiger partial charge in [-0.05, 0) is 13.0 Å². The van der Waals surface area contributed by atoms with Gasteiger partial charge in [0.1, 0.15) is 0 Å². The van der Waals surface area contributed by atoms with Crippen LogP contribution >= 0.6 is 0 Å². The molecule has 0 aliphatic carbocycles. The molecule has 16 heavy (non-hydrogen) atoms. The fraction of sp³-hybridized carbons (Fsp3) is 0.333. The molecule has 2 heterocycles. The van der Waals surface area contributed by atoms with E-state index in [4.69, 9.17) is 0 Å². The Balaban J connectivity index is 2.47. The van der Waals surface area contributed by atoms with Crippen LogP contribution in [0.25, 0.3) is 5.82 Å². The Morgan fingerprint density at radius 3 is 2.38 bits per heavy atom. The second-order valence-corrected chi connectivity index (χ2v) is 3.43. The van der Waals surface area contributed by atoms with Crippen molar-refractivity contribution in [3.8, 4) is 5.82 Å². The number of rotatable bonds is 1. The number of nitrogens with zero attached hydrogens (tertiary/aromatic N) is 4.